The van der Waals surface area contributed by atoms with Crippen molar-refractivity contribution >= 4 is 22.3 Å². The molecule has 1 aromatic carbocycles. The standard InChI is InChI=1S/C17H23N5O2/c1-13(12-21-10-8-20(2)9-11-21)19-16-6-5-15-14(4-3-7-18-15)17(16)22(23)24/h3-7,13,19H,8-12H2,1-2H3. The van der Waals surface area contributed by atoms with Gasteiger partial charge < -0.3 is 10.2 Å². The number of anilines is 1. The third-order valence-corrected chi connectivity index (χ3v) is 4.47. The quantitative estimate of drug-likeness (QED) is 0.669. The molecule has 7 nitrogen and oxygen atoms in total. The fourth-order valence-corrected chi connectivity index (χ4v) is 3.18. The Morgan fingerprint density at radius 2 is 2.04 bits per heavy atom. The van der Waals surface area contributed by atoms with Gasteiger partial charge in [0.25, 0.3) is 0 Å². The molecule has 1 saturated heterocycles. The van der Waals surface area contributed by atoms with Gasteiger partial charge in [0.1, 0.15) is 5.69 Å². The van der Waals surface area contributed by atoms with Crippen molar-refractivity contribution in [3.05, 3.63) is 40.6 Å². The van der Waals surface area contributed by atoms with Gasteiger partial charge in [-0.15, -0.1) is 0 Å². The molecular weight excluding hydrogens is 306 g/mol. The van der Waals surface area contributed by atoms with Crippen LogP contribution in [0.5, 0.6) is 0 Å². The molecular formula is C17H23N5O2. The molecule has 2 heterocycles. The van der Waals surface area contributed by atoms with E-state index in [2.05, 4.69) is 34.1 Å². The highest BCUT2D eigenvalue weighted by Gasteiger charge is 2.21. The predicted octanol–water partition coefficient (Wildman–Crippen LogP) is 2.19. The molecule has 3 rings (SSSR count). The van der Waals surface area contributed by atoms with E-state index in [9.17, 15) is 10.1 Å². The third kappa shape index (κ3) is 3.63. The summed E-state index contributed by atoms with van der Waals surface area (Å²) in [5.41, 5.74) is 1.30. The fourth-order valence-electron chi connectivity index (χ4n) is 3.18. The smallest absolute Gasteiger partial charge is 0.301 e. The Balaban J connectivity index is 1.76. The first-order valence-electron chi connectivity index (χ1n) is 8.24. The number of hydrogen-bond donors (Lipinski definition) is 1. The highest BCUT2D eigenvalue weighted by atomic mass is 16.6. The van der Waals surface area contributed by atoms with E-state index < -0.39 is 0 Å². The Bertz CT molecular complexity index is 728. The van der Waals surface area contributed by atoms with E-state index in [-0.39, 0.29) is 16.7 Å². The van der Waals surface area contributed by atoms with Crippen LogP contribution in [0.25, 0.3) is 10.9 Å². The summed E-state index contributed by atoms with van der Waals surface area (Å²) in [6, 6.07) is 7.19. The Morgan fingerprint density at radius 3 is 2.75 bits per heavy atom. The third-order valence-electron chi connectivity index (χ3n) is 4.47. The van der Waals surface area contributed by atoms with E-state index in [1.165, 1.54) is 0 Å². The van der Waals surface area contributed by atoms with Crippen LogP contribution in [0.2, 0.25) is 0 Å². The van der Waals surface area contributed by atoms with Crippen LogP contribution in [0, 0.1) is 10.1 Å². The number of nitrogens with zero attached hydrogens (tertiary/aromatic N) is 4. The number of likely N-dealkylation sites (N-methyl/N-ethyl adjacent to an activating group) is 1. The molecule has 1 aromatic heterocycles. The van der Waals surface area contributed by atoms with Crippen molar-refractivity contribution in [3.63, 3.8) is 0 Å². The molecule has 0 amide bonds. The lowest BCUT2D eigenvalue weighted by Crippen LogP contribution is -2.47. The maximum absolute atomic E-state index is 11.6. The highest BCUT2D eigenvalue weighted by molar-refractivity contribution is 5.94. The summed E-state index contributed by atoms with van der Waals surface area (Å²) in [5, 5.41) is 15.5. The predicted molar refractivity (Wildman–Crippen MR) is 95.4 cm³/mol. The second kappa shape index (κ2) is 7.11. The number of rotatable bonds is 5. The van der Waals surface area contributed by atoms with Crippen LogP contribution < -0.4 is 5.32 Å². The molecule has 128 valence electrons. The minimum Gasteiger partial charge on any atom is -0.376 e. The fraction of sp³-hybridized carbons (Fsp3) is 0.471. The van der Waals surface area contributed by atoms with Crippen molar-refractivity contribution in [2.45, 2.75) is 13.0 Å². The second-order valence-electron chi connectivity index (χ2n) is 6.44. The molecule has 1 aliphatic heterocycles. The average molecular weight is 329 g/mol. The first kappa shape index (κ1) is 16.6. The molecule has 7 heteroatoms. The molecule has 0 aliphatic carbocycles. The number of fused-ring (bicyclic) bond motifs is 1. The maximum atomic E-state index is 11.6. The minimum atomic E-state index is -0.324. The number of pyridine rings is 1. The van der Waals surface area contributed by atoms with Crippen molar-refractivity contribution in [2.75, 3.05) is 45.1 Å². The van der Waals surface area contributed by atoms with E-state index in [1.54, 1.807) is 24.4 Å². The maximum Gasteiger partial charge on any atom is 0.301 e. The number of nitrogens with one attached hydrogen (secondary N) is 1. The van der Waals surface area contributed by atoms with Gasteiger partial charge in [-0.2, -0.15) is 0 Å². The number of nitro groups is 1. The second-order valence-corrected chi connectivity index (χ2v) is 6.44. The number of piperazine rings is 1. The zero-order valence-electron chi connectivity index (χ0n) is 14.1. The van der Waals surface area contributed by atoms with Crippen molar-refractivity contribution in [1.29, 1.82) is 0 Å². The zero-order chi connectivity index (χ0) is 17.1. The normalized spacial score (nSPS) is 17.8. The first-order valence-corrected chi connectivity index (χ1v) is 8.24. The van der Waals surface area contributed by atoms with Crippen molar-refractivity contribution in [2.24, 2.45) is 0 Å². The molecule has 0 spiro atoms. The average Bonchev–Trinajstić information content (AvgIpc) is 2.56. The van der Waals surface area contributed by atoms with E-state index >= 15 is 0 Å². The Hall–Kier alpha value is -2.25. The zero-order valence-corrected chi connectivity index (χ0v) is 14.1. The van der Waals surface area contributed by atoms with Crippen molar-refractivity contribution < 1.29 is 4.92 Å². The minimum absolute atomic E-state index is 0.103. The summed E-state index contributed by atoms with van der Waals surface area (Å²) in [4.78, 5) is 20.2. The molecule has 2 aromatic rings. The van der Waals surface area contributed by atoms with E-state index in [0.717, 1.165) is 32.7 Å². The Morgan fingerprint density at radius 1 is 1.29 bits per heavy atom. The molecule has 0 radical (unpaired) electrons. The van der Waals surface area contributed by atoms with Gasteiger partial charge in [0.05, 0.1) is 15.8 Å². The van der Waals surface area contributed by atoms with Crippen LogP contribution in [0.1, 0.15) is 6.92 Å². The lowest BCUT2D eigenvalue weighted by atomic mass is 10.1. The summed E-state index contributed by atoms with van der Waals surface area (Å²) in [6.45, 7) is 7.13. The van der Waals surface area contributed by atoms with Crippen molar-refractivity contribution in [1.82, 2.24) is 14.8 Å². The summed E-state index contributed by atoms with van der Waals surface area (Å²) in [7, 11) is 2.13. The van der Waals surface area contributed by atoms with Gasteiger partial charge in [-0.25, -0.2) is 0 Å². The number of hydrogen-bond acceptors (Lipinski definition) is 6. The van der Waals surface area contributed by atoms with E-state index in [1.807, 2.05) is 6.07 Å². The summed E-state index contributed by atoms with van der Waals surface area (Å²) >= 11 is 0. The SMILES string of the molecule is CC(CN1CCN(C)CC1)Nc1ccc2ncccc2c1[N+](=O)[O-]. The Labute approximate surface area is 141 Å². The topological polar surface area (TPSA) is 74.5 Å². The monoisotopic (exact) mass is 329 g/mol. The molecule has 0 saturated carbocycles. The van der Waals surface area contributed by atoms with E-state index in [0.29, 0.717) is 16.6 Å². The Kier molecular flexibility index (Phi) is 4.92. The lowest BCUT2D eigenvalue weighted by Gasteiger charge is -2.34. The van der Waals surface area contributed by atoms with Gasteiger partial charge in [0.15, 0.2) is 0 Å². The molecule has 1 atom stereocenters. The lowest BCUT2D eigenvalue weighted by molar-refractivity contribution is -0.382. The van der Waals surface area contributed by atoms with Gasteiger partial charge in [0.2, 0.25) is 0 Å². The molecule has 0 bridgehead atoms. The molecule has 1 N–H and O–H groups in total. The van der Waals surface area contributed by atoms with Gasteiger partial charge in [-0.3, -0.25) is 20.0 Å². The van der Waals surface area contributed by atoms with E-state index in [4.69, 9.17) is 0 Å². The van der Waals surface area contributed by atoms with Crippen LogP contribution in [-0.2, 0) is 0 Å². The van der Waals surface area contributed by atoms with Gasteiger partial charge in [-0.05, 0) is 38.2 Å². The first-order chi connectivity index (χ1) is 11.5. The van der Waals surface area contributed by atoms with Crippen LogP contribution >= 0.6 is 0 Å². The van der Waals surface area contributed by atoms with Crippen LogP contribution in [0.15, 0.2) is 30.5 Å². The van der Waals surface area contributed by atoms with Gasteiger partial charge in [-0.1, -0.05) is 0 Å². The van der Waals surface area contributed by atoms with Gasteiger partial charge in [0, 0.05) is 45.0 Å². The molecule has 1 fully saturated rings. The van der Waals surface area contributed by atoms with Crippen LogP contribution in [-0.4, -0.2) is 65.5 Å². The van der Waals surface area contributed by atoms with Gasteiger partial charge >= 0.3 is 5.69 Å². The molecule has 1 aliphatic rings. The summed E-state index contributed by atoms with van der Waals surface area (Å²) in [6.07, 6.45) is 1.65. The number of benzene rings is 1. The van der Waals surface area contributed by atoms with Crippen LogP contribution in [0.4, 0.5) is 11.4 Å². The molecule has 24 heavy (non-hydrogen) atoms. The van der Waals surface area contributed by atoms with Crippen molar-refractivity contribution in [3.8, 4) is 0 Å². The molecule has 1 unspecified atom stereocenters. The summed E-state index contributed by atoms with van der Waals surface area (Å²) in [5.74, 6) is 0. The number of aromatic nitrogens is 1. The highest BCUT2D eigenvalue weighted by Crippen LogP contribution is 2.32. The van der Waals surface area contributed by atoms with Crippen LogP contribution in [0.3, 0.4) is 0 Å². The number of nitro benzene ring substituents is 1. The summed E-state index contributed by atoms with van der Waals surface area (Å²) < 4.78 is 0. The largest absolute Gasteiger partial charge is 0.376 e.